The van der Waals surface area contributed by atoms with Gasteiger partial charge in [0.05, 0.1) is 0 Å². The lowest BCUT2D eigenvalue weighted by atomic mass is 9.55. The molecule has 2 aliphatic carbocycles. The molecule has 0 bridgehead atoms. The molecule has 33 heavy (non-hydrogen) atoms. The Morgan fingerprint density at radius 2 is 1.36 bits per heavy atom. The van der Waals surface area contributed by atoms with Crippen LogP contribution in [0.1, 0.15) is 78.5 Å². The van der Waals surface area contributed by atoms with Crippen LogP contribution in [-0.2, 0) is 10.8 Å². The topological polar surface area (TPSA) is 12.0 Å². The fourth-order valence-electron chi connectivity index (χ4n) is 6.69. The fourth-order valence-corrected chi connectivity index (χ4v) is 6.69. The normalized spacial score (nSPS) is 24.5. The summed E-state index contributed by atoms with van der Waals surface area (Å²) in [5.74, 6) is 0.646. The number of benzene rings is 3. The molecule has 1 fully saturated rings. The van der Waals surface area contributed by atoms with Crippen molar-refractivity contribution in [2.24, 2.45) is 16.7 Å². The minimum atomic E-state index is 0.0373. The van der Waals surface area contributed by atoms with E-state index in [0.717, 1.165) is 5.69 Å². The molecule has 0 aliphatic heterocycles. The van der Waals surface area contributed by atoms with Crippen LogP contribution in [0, 0.1) is 16.7 Å². The molecule has 1 nitrogen and oxygen atoms in total. The largest absolute Gasteiger partial charge is 0.356 e. The Hall–Kier alpha value is -2.54. The molecule has 0 radical (unpaired) electrons. The summed E-state index contributed by atoms with van der Waals surface area (Å²) in [7, 11) is 0. The second-order valence-electron chi connectivity index (χ2n) is 12.6. The number of fused-ring (bicyclic) bond motifs is 5. The highest BCUT2D eigenvalue weighted by atomic mass is 14.9. The highest BCUT2D eigenvalue weighted by Gasteiger charge is 2.65. The first-order valence-electron chi connectivity index (χ1n) is 12.5. The van der Waals surface area contributed by atoms with Gasteiger partial charge in [-0.1, -0.05) is 97.9 Å². The maximum atomic E-state index is 3.70. The van der Waals surface area contributed by atoms with Gasteiger partial charge in [0.1, 0.15) is 0 Å². The zero-order chi connectivity index (χ0) is 23.8. The van der Waals surface area contributed by atoms with E-state index in [4.69, 9.17) is 0 Å². The average molecular weight is 438 g/mol. The van der Waals surface area contributed by atoms with Gasteiger partial charge in [-0.25, -0.2) is 0 Å². The molecule has 5 rings (SSSR count). The zero-order valence-electron chi connectivity index (χ0n) is 21.6. The van der Waals surface area contributed by atoms with Crippen LogP contribution in [-0.4, -0.2) is 0 Å². The first-order chi connectivity index (χ1) is 15.4. The van der Waals surface area contributed by atoms with Gasteiger partial charge in [0.15, 0.2) is 0 Å². The van der Waals surface area contributed by atoms with E-state index in [-0.39, 0.29) is 21.7 Å². The summed E-state index contributed by atoms with van der Waals surface area (Å²) in [5, 5.41) is 3.70. The van der Waals surface area contributed by atoms with Crippen molar-refractivity contribution in [3.8, 4) is 11.1 Å². The van der Waals surface area contributed by atoms with Crippen LogP contribution in [0.3, 0.4) is 0 Å². The van der Waals surface area contributed by atoms with Crippen molar-refractivity contribution < 1.29 is 0 Å². The Balaban J connectivity index is 1.61. The Morgan fingerprint density at radius 3 is 1.97 bits per heavy atom. The number of anilines is 2. The molecule has 172 valence electrons. The van der Waals surface area contributed by atoms with E-state index in [9.17, 15) is 0 Å². The highest BCUT2D eigenvalue weighted by molar-refractivity contribution is 5.84. The molecule has 0 amide bonds. The molecule has 0 aromatic heterocycles. The van der Waals surface area contributed by atoms with Crippen LogP contribution in [0.15, 0.2) is 66.7 Å². The summed E-state index contributed by atoms with van der Waals surface area (Å²) < 4.78 is 0. The van der Waals surface area contributed by atoms with E-state index < -0.39 is 0 Å². The molecule has 2 aliphatic rings. The molecular weight excluding hydrogens is 398 g/mol. The summed E-state index contributed by atoms with van der Waals surface area (Å²) in [6.07, 6.45) is 1.20. The van der Waals surface area contributed by atoms with Gasteiger partial charge < -0.3 is 5.32 Å². The summed E-state index contributed by atoms with van der Waals surface area (Å²) in [5.41, 5.74) is 10.1. The van der Waals surface area contributed by atoms with Gasteiger partial charge in [0, 0.05) is 16.8 Å². The number of hydrogen-bond donors (Lipinski definition) is 1. The van der Waals surface area contributed by atoms with Gasteiger partial charge in [0.25, 0.3) is 0 Å². The second kappa shape index (κ2) is 6.98. The van der Waals surface area contributed by atoms with Gasteiger partial charge in [-0.2, -0.15) is 0 Å². The van der Waals surface area contributed by atoms with Crippen LogP contribution < -0.4 is 5.32 Å². The van der Waals surface area contributed by atoms with E-state index in [1.165, 1.54) is 39.9 Å². The van der Waals surface area contributed by atoms with Crippen molar-refractivity contribution in [2.75, 3.05) is 5.32 Å². The molecule has 1 saturated carbocycles. The van der Waals surface area contributed by atoms with Gasteiger partial charge in [-0.3, -0.25) is 0 Å². The van der Waals surface area contributed by atoms with Crippen molar-refractivity contribution in [3.63, 3.8) is 0 Å². The third-order valence-electron chi connectivity index (χ3n) is 9.72. The first-order valence-corrected chi connectivity index (χ1v) is 12.5. The zero-order valence-corrected chi connectivity index (χ0v) is 21.6. The molecule has 0 heterocycles. The van der Waals surface area contributed by atoms with Crippen molar-refractivity contribution >= 4 is 11.4 Å². The van der Waals surface area contributed by atoms with Crippen molar-refractivity contribution in [2.45, 2.75) is 72.6 Å². The molecule has 1 N–H and O–H groups in total. The Labute approximate surface area is 200 Å². The van der Waals surface area contributed by atoms with Gasteiger partial charge in [0.2, 0.25) is 0 Å². The number of hydrogen-bond acceptors (Lipinski definition) is 1. The predicted molar refractivity (Wildman–Crippen MR) is 142 cm³/mol. The van der Waals surface area contributed by atoms with E-state index in [1.54, 1.807) is 0 Å². The van der Waals surface area contributed by atoms with E-state index >= 15 is 0 Å². The smallest absolute Gasteiger partial charge is 0.0387 e. The van der Waals surface area contributed by atoms with Crippen LogP contribution in [0.2, 0.25) is 0 Å². The lowest BCUT2D eigenvalue weighted by Gasteiger charge is -2.48. The maximum absolute atomic E-state index is 3.70. The minimum absolute atomic E-state index is 0.0373. The molecule has 0 saturated heterocycles. The number of nitrogens with one attached hydrogen (secondary N) is 1. The van der Waals surface area contributed by atoms with Crippen molar-refractivity contribution in [1.82, 2.24) is 0 Å². The second-order valence-corrected chi connectivity index (χ2v) is 12.6. The Bertz CT molecular complexity index is 1210. The SMILES string of the molecule is CC1CC2(c3ccccc3-c3ccc(Nc4ccc(C(C)(C)C)cc4)cc32)C(C)(C)C1(C)C. The lowest BCUT2D eigenvalue weighted by molar-refractivity contribution is 0.0802. The predicted octanol–water partition coefficient (Wildman–Crippen LogP) is 9.09. The molecular formula is C32H39N. The molecule has 2 unspecified atom stereocenters. The Morgan fingerprint density at radius 1 is 0.758 bits per heavy atom. The van der Waals surface area contributed by atoms with Crippen molar-refractivity contribution in [1.29, 1.82) is 0 Å². The fraction of sp³-hybridized carbons (Fsp3) is 0.438. The van der Waals surface area contributed by atoms with Crippen LogP contribution >= 0.6 is 0 Å². The number of rotatable bonds is 2. The summed E-state index contributed by atoms with van der Waals surface area (Å²) in [6, 6.07) is 25.1. The third-order valence-corrected chi connectivity index (χ3v) is 9.72. The van der Waals surface area contributed by atoms with Crippen LogP contribution in [0.4, 0.5) is 11.4 Å². The first kappa shape index (κ1) is 22.3. The summed E-state index contributed by atoms with van der Waals surface area (Å²) in [4.78, 5) is 0. The lowest BCUT2D eigenvalue weighted by Crippen LogP contribution is -2.43. The minimum Gasteiger partial charge on any atom is -0.356 e. The molecule has 3 aromatic carbocycles. The van der Waals surface area contributed by atoms with E-state index in [2.05, 4.69) is 127 Å². The van der Waals surface area contributed by atoms with Crippen LogP contribution in [0.5, 0.6) is 0 Å². The average Bonchev–Trinajstić information content (AvgIpc) is 3.11. The van der Waals surface area contributed by atoms with Gasteiger partial charge in [-0.15, -0.1) is 0 Å². The molecule has 1 spiro atoms. The van der Waals surface area contributed by atoms with Gasteiger partial charge in [-0.05, 0) is 80.7 Å². The molecule has 1 heteroatoms. The summed E-state index contributed by atoms with van der Waals surface area (Å²) in [6.45, 7) is 19.2. The monoisotopic (exact) mass is 437 g/mol. The standard InChI is InChI=1S/C32H39N/c1-21-20-32(31(7,8)30(21,5)6)27-12-10-9-11-25(27)26-18-17-24(19-28(26)32)33-23-15-13-22(14-16-23)29(2,3)4/h9-19,21,33H,20H2,1-8H3. The van der Waals surface area contributed by atoms with E-state index in [0.29, 0.717) is 5.92 Å². The third kappa shape index (κ3) is 2.97. The van der Waals surface area contributed by atoms with Crippen molar-refractivity contribution in [3.05, 3.63) is 83.4 Å². The Kier molecular flexibility index (Phi) is 4.71. The quantitative estimate of drug-likeness (QED) is 0.421. The summed E-state index contributed by atoms with van der Waals surface area (Å²) >= 11 is 0. The highest BCUT2D eigenvalue weighted by Crippen LogP contribution is 2.72. The molecule has 2 atom stereocenters. The van der Waals surface area contributed by atoms with E-state index in [1.807, 2.05) is 0 Å². The van der Waals surface area contributed by atoms with Gasteiger partial charge >= 0.3 is 0 Å². The van der Waals surface area contributed by atoms with Crippen LogP contribution in [0.25, 0.3) is 11.1 Å². The molecule has 3 aromatic rings. The maximum Gasteiger partial charge on any atom is 0.0387 e.